The molecule has 0 spiro atoms. The summed E-state index contributed by atoms with van der Waals surface area (Å²) in [6, 6.07) is 10.00. The van der Waals surface area contributed by atoms with Gasteiger partial charge in [0.25, 0.3) is 0 Å². The minimum absolute atomic E-state index is 0.0358. The molecule has 0 radical (unpaired) electrons. The first-order valence-corrected chi connectivity index (χ1v) is 9.79. The van der Waals surface area contributed by atoms with Crippen LogP contribution in [0.15, 0.2) is 36.5 Å². The van der Waals surface area contributed by atoms with Gasteiger partial charge in [-0.1, -0.05) is 24.3 Å². The SMILES string of the molecule is O=S(=O)(Cc1cccc2cccnc12)N1CCN2CCCC2C1. The third-order valence-corrected chi connectivity index (χ3v) is 6.79. The van der Waals surface area contributed by atoms with Gasteiger partial charge in [-0.15, -0.1) is 0 Å². The van der Waals surface area contributed by atoms with Gasteiger partial charge in [-0.25, -0.2) is 8.42 Å². The molecule has 2 fully saturated rings. The van der Waals surface area contributed by atoms with Crippen LogP contribution in [-0.2, 0) is 15.8 Å². The highest BCUT2D eigenvalue weighted by Gasteiger charge is 2.35. The second-order valence-electron chi connectivity index (χ2n) is 6.44. The lowest BCUT2D eigenvalue weighted by molar-refractivity contribution is 0.158. The molecular weight excluding hydrogens is 310 g/mol. The Morgan fingerprint density at radius 3 is 2.91 bits per heavy atom. The Morgan fingerprint density at radius 2 is 2.00 bits per heavy atom. The zero-order chi connectivity index (χ0) is 15.9. The van der Waals surface area contributed by atoms with Gasteiger partial charge < -0.3 is 0 Å². The number of rotatable bonds is 3. The molecule has 0 aliphatic carbocycles. The van der Waals surface area contributed by atoms with E-state index in [1.807, 2.05) is 30.3 Å². The minimum atomic E-state index is -3.30. The van der Waals surface area contributed by atoms with Gasteiger partial charge in [0.1, 0.15) is 0 Å². The molecule has 23 heavy (non-hydrogen) atoms. The first-order chi connectivity index (χ1) is 11.1. The molecule has 2 aromatic rings. The van der Waals surface area contributed by atoms with Crippen LogP contribution in [0.5, 0.6) is 0 Å². The fourth-order valence-corrected chi connectivity index (χ4v) is 5.35. The molecule has 122 valence electrons. The fraction of sp³-hybridized carbons (Fsp3) is 0.471. The van der Waals surface area contributed by atoms with Gasteiger partial charge in [-0.3, -0.25) is 9.88 Å². The van der Waals surface area contributed by atoms with Crippen LogP contribution in [0.1, 0.15) is 18.4 Å². The average Bonchev–Trinajstić information content (AvgIpc) is 3.02. The van der Waals surface area contributed by atoms with Gasteiger partial charge in [0, 0.05) is 37.3 Å². The van der Waals surface area contributed by atoms with Crippen molar-refractivity contribution in [3.8, 4) is 0 Å². The predicted molar refractivity (Wildman–Crippen MR) is 90.5 cm³/mol. The quantitative estimate of drug-likeness (QED) is 0.861. The van der Waals surface area contributed by atoms with Crippen LogP contribution in [-0.4, -0.2) is 54.8 Å². The van der Waals surface area contributed by atoms with Crippen LogP contribution in [0.4, 0.5) is 0 Å². The number of nitrogens with zero attached hydrogens (tertiary/aromatic N) is 3. The summed E-state index contributed by atoms with van der Waals surface area (Å²) in [6.45, 7) is 3.22. The van der Waals surface area contributed by atoms with Crippen LogP contribution in [0.2, 0.25) is 0 Å². The minimum Gasteiger partial charge on any atom is -0.298 e. The van der Waals surface area contributed by atoms with Crippen molar-refractivity contribution >= 4 is 20.9 Å². The number of hydrogen-bond acceptors (Lipinski definition) is 4. The third-order valence-electron chi connectivity index (χ3n) is 5.00. The van der Waals surface area contributed by atoms with E-state index in [1.165, 1.54) is 6.42 Å². The molecule has 1 unspecified atom stereocenters. The van der Waals surface area contributed by atoms with Gasteiger partial charge in [-0.2, -0.15) is 4.31 Å². The Morgan fingerprint density at radius 1 is 1.13 bits per heavy atom. The van der Waals surface area contributed by atoms with Crippen molar-refractivity contribution in [2.24, 2.45) is 0 Å². The molecule has 5 nitrogen and oxygen atoms in total. The second kappa shape index (κ2) is 5.85. The maximum atomic E-state index is 12.9. The molecular formula is C17H21N3O2S. The van der Waals surface area contributed by atoms with Gasteiger partial charge in [0.2, 0.25) is 10.0 Å². The highest BCUT2D eigenvalue weighted by atomic mass is 32.2. The highest BCUT2D eigenvalue weighted by molar-refractivity contribution is 7.88. The summed E-state index contributed by atoms with van der Waals surface area (Å²) in [5.74, 6) is 0.0358. The number of pyridine rings is 1. The number of hydrogen-bond donors (Lipinski definition) is 0. The molecule has 0 N–H and O–H groups in total. The zero-order valence-corrected chi connectivity index (χ0v) is 13.9. The summed E-state index contributed by atoms with van der Waals surface area (Å²) < 4.78 is 27.4. The smallest absolute Gasteiger partial charge is 0.218 e. The highest BCUT2D eigenvalue weighted by Crippen LogP contribution is 2.25. The van der Waals surface area contributed by atoms with Crippen molar-refractivity contribution in [1.82, 2.24) is 14.2 Å². The van der Waals surface area contributed by atoms with Crippen LogP contribution < -0.4 is 0 Å². The van der Waals surface area contributed by atoms with Gasteiger partial charge in [-0.05, 0) is 31.0 Å². The van der Waals surface area contributed by atoms with Crippen molar-refractivity contribution in [1.29, 1.82) is 0 Å². The van der Waals surface area contributed by atoms with Crippen molar-refractivity contribution in [3.63, 3.8) is 0 Å². The summed E-state index contributed by atoms with van der Waals surface area (Å²) >= 11 is 0. The molecule has 0 bridgehead atoms. The Hall–Kier alpha value is -1.50. The van der Waals surface area contributed by atoms with Crippen LogP contribution >= 0.6 is 0 Å². The molecule has 1 aromatic carbocycles. The van der Waals surface area contributed by atoms with E-state index >= 15 is 0 Å². The summed E-state index contributed by atoms with van der Waals surface area (Å²) in [5.41, 5.74) is 1.58. The molecule has 0 amide bonds. The lowest BCUT2D eigenvalue weighted by Crippen LogP contribution is -2.52. The molecule has 4 rings (SSSR count). The number of benzene rings is 1. The lowest BCUT2D eigenvalue weighted by atomic mass is 10.1. The number of piperazine rings is 1. The lowest BCUT2D eigenvalue weighted by Gasteiger charge is -2.36. The van der Waals surface area contributed by atoms with Crippen molar-refractivity contribution < 1.29 is 8.42 Å². The summed E-state index contributed by atoms with van der Waals surface area (Å²) in [6.07, 6.45) is 4.02. The van der Waals surface area contributed by atoms with E-state index in [9.17, 15) is 8.42 Å². The Balaban J connectivity index is 1.59. The Labute approximate surface area is 137 Å². The molecule has 3 heterocycles. The molecule has 2 saturated heterocycles. The van der Waals surface area contributed by atoms with Crippen LogP contribution in [0.3, 0.4) is 0 Å². The van der Waals surface area contributed by atoms with Crippen molar-refractivity contribution in [3.05, 3.63) is 42.1 Å². The van der Waals surface area contributed by atoms with E-state index in [0.717, 1.165) is 36.0 Å². The van der Waals surface area contributed by atoms with E-state index in [-0.39, 0.29) is 5.75 Å². The second-order valence-corrected chi connectivity index (χ2v) is 8.41. The maximum Gasteiger partial charge on any atom is 0.218 e. The average molecular weight is 331 g/mol. The van der Waals surface area contributed by atoms with E-state index in [1.54, 1.807) is 10.5 Å². The predicted octanol–water partition coefficient (Wildman–Crippen LogP) is 1.84. The number of aromatic nitrogens is 1. The summed E-state index contributed by atoms with van der Waals surface area (Å²) in [4.78, 5) is 6.79. The largest absolute Gasteiger partial charge is 0.298 e. The molecule has 2 aliphatic rings. The number of sulfonamides is 1. The molecule has 1 aromatic heterocycles. The summed E-state index contributed by atoms with van der Waals surface area (Å²) in [5, 5.41) is 0.987. The molecule has 1 atom stereocenters. The maximum absolute atomic E-state index is 12.9. The first kappa shape index (κ1) is 15.1. The Bertz CT molecular complexity index is 816. The van der Waals surface area contributed by atoms with Gasteiger partial charge in [0.05, 0.1) is 11.3 Å². The van der Waals surface area contributed by atoms with Crippen molar-refractivity contribution in [2.75, 3.05) is 26.2 Å². The standard InChI is InChI=1S/C17H21N3O2S/c21-23(22,20-11-10-19-9-3-7-16(19)12-20)13-15-5-1-4-14-6-2-8-18-17(14)15/h1-2,4-6,8,16H,3,7,9-13H2. The fourth-order valence-electron chi connectivity index (χ4n) is 3.79. The first-order valence-electron chi connectivity index (χ1n) is 8.18. The topological polar surface area (TPSA) is 53.5 Å². The Kier molecular flexibility index (Phi) is 3.83. The molecule has 0 saturated carbocycles. The van der Waals surface area contributed by atoms with E-state index in [0.29, 0.717) is 19.1 Å². The molecule has 2 aliphatic heterocycles. The van der Waals surface area contributed by atoms with E-state index in [4.69, 9.17) is 0 Å². The molecule has 6 heteroatoms. The summed E-state index contributed by atoms with van der Waals surface area (Å²) in [7, 11) is -3.30. The normalized spacial score (nSPS) is 23.2. The number of para-hydroxylation sites is 1. The zero-order valence-electron chi connectivity index (χ0n) is 13.1. The monoisotopic (exact) mass is 331 g/mol. The third kappa shape index (κ3) is 2.86. The van der Waals surface area contributed by atoms with Gasteiger partial charge >= 0.3 is 0 Å². The van der Waals surface area contributed by atoms with Crippen LogP contribution in [0, 0.1) is 0 Å². The number of fused-ring (bicyclic) bond motifs is 2. The van der Waals surface area contributed by atoms with E-state index in [2.05, 4.69) is 9.88 Å². The van der Waals surface area contributed by atoms with Crippen molar-refractivity contribution in [2.45, 2.75) is 24.6 Å². The van der Waals surface area contributed by atoms with E-state index < -0.39 is 10.0 Å². The van der Waals surface area contributed by atoms with Gasteiger partial charge in [0.15, 0.2) is 0 Å². The van der Waals surface area contributed by atoms with Crippen LogP contribution in [0.25, 0.3) is 10.9 Å².